The Morgan fingerprint density at radius 2 is 2.19 bits per heavy atom. The van der Waals surface area contributed by atoms with Gasteiger partial charge in [-0.1, -0.05) is 0 Å². The van der Waals surface area contributed by atoms with Gasteiger partial charge in [0, 0.05) is 46.7 Å². The second-order valence-corrected chi connectivity index (χ2v) is 7.35. The summed E-state index contributed by atoms with van der Waals surface area (Å²) < 4.78 is 19.2. The molecule has 0 radical (unpaired) electrons. The van der Waals surface area contributed by atoms with Crippen LogP contribution in [0.2, 0.25) is 0 Å². The Balaban J connectivity index is 2.05. The monoisotopic (exact) mass is 326 g/mol. The van der Waals surface area contributed by atoms with Crippen molar-refractivity contribution in [1.82, 2.24) is 9.55 Å². The first-order valence-electron chi connectivity index (χ1n) is 7.18. The number of benzene rings is 1. The highest BCUT2D eigenvalue weighted by molar-refractivity contribution is 7.85. The second kappa shape index (κ2) is 6.36. The minimum Gasteiger partial charge on any atom is -0.497 e. The van der Waals surface area contributed by atoms with Gasteiger partial charge in [0.25, 0.3) is 0 Å². The SMILES string of the molecule is COc1ccc2c(c1)nc(CCCl)n2C1CCS(=O)CC1. The van der Waals surface area contributed by atoms with Crippen LogP contribution in [0.3, 0.4) is 0 Å². The standard InChI is InChI=1S/C15H19ClN2O2S/c1-20-12-2-3-14-13(10-12)17-15(4-7-16)18(14)11-5-8-21(19)9-6-11/h2-3,10-11H,4-9H2,1H3. The highest BCUT2D eigenvalue weighted by Crippen LogP contribution is 2.30. The molecular weight excluding hydrogens is 308 g/mol. The zero-order valence-corrected chi connectivity index (χ0v) is 13.6. The Morgan fingerprint density at radius 3 is 2.86 bits per heavy atom. The molecule has 0 bridgehead atoms. The summed E-state index contributed by atoms with van der Waals surface area (Å²) in [6.07, 6.45) is 2.64. The molecule has 0 saturated carbocycles. The number of fused-ring (bicyclic) bond motifs is 1. The molecule has 1 saturated heterocycles. The smallest absolute Gasteiger partial charge is 0.121 e. The number of aromatic nitrogens is 2. The fourth-order valence-electron chi connectivity index (χ4n) is 2.96. The molecule has 0 spiro atoms. The van der Waals surface area contributed by atoms with Crippen LogP contribution in [-0.2, 0) is 17.2 Å². The van der Waals surface area contributed by atoms with Crippen molar-refractivity contribution >= 4 is 33.4 Å². The molecule has 0 aliphatic carbocycles. The quantitative estimate of drug-likeness (QED) is 0.811. The van der Waals surface area contributed by atoms with E-state index in [-0.39, 0.29) is 0 Å². The van der Waals surface area contributed by atoms with Crippen molar-refractivity contribution in [2.75, 3.05) is 24.5 Å². The number of imidazole rings is 1. The van der Waals surface area contributed by atoms with Crippen molar-refractivity contribution in [2.45, 2.75) is 25.3 Å². The molecule has 3 rings (SSSR count). The van der Waals surface area contributed by atoms with Crippen LogP contribution in [0.1, 0.15) is 24.7 Å². The summed E-state index contributed by atoms with van der Waals surface area (Å²) in [4.78, 5) is 4.73. The molecule has 1 aromatic carbocycles. The van der Waals surface area contributed by atoms with Gasteiger partial charge in [-0.05, 0) is 25.0 Å². The fraction of sp³-hybridized carbons (Fsp3) is 0.533. The van der Waals surface area contributed by atoms with Crippen LogP contribution in [-0.4, -0.2) is 38.3 Å². The van der Waals surface area contributed by atoms with Crippen LogP contribution < -0.4 is 4.74 Å². The maximum atomic E-state index is 11.6. The number of hydrogen-bond donors (Lipinski definition) is 0. The molecule has 2 aromatic rings. The van der Waals surface area contributed by atoms with E-state index >= 15 is 0 Å². The number of ether oxygens (including phenoxy) is 1. The molecule has 1 aromatic heterocycles. The third-order valence-electron chi connectivity index (χ3n) is 4.01. The fourth-order valence-corrected chi connectivity index (χ4v) is 4.41. The van der Waals surface area contributed by atoms with E-state index in [1.54, 1.807) is 7.11 Å². The first kappa shape index (κ1) is 14.9. The predicted molar refractivity (Wildman–Crippen MR) is 86.9 cm³/mol. The summed E-state index contributed by atoms with van der Waals surface area (Å²) in [6.45, 7) is 0. The summed E-state index contributed by atoms with van der Waals surface area (Å²) >= 11 is 5.93. The highest BCUT2D eigenvalue weighted by atomic mass is 35.5. The minimum atomic E-state index is -0.651. The normalized spacial score (nSPS) is 22.6. The topological polar surface area (TPSA) is 44.1 Å². The van der Waals surface area contributed by atoms with Crippen molar-refractivity contribution in [3.8, 4) is 5.75 Å². The van der Waals surface area contributed by atoms with E-state index in [1.807, 2.05) is 12.1 Å². The second-order valence-electron chi connectivity index (χ2n) is 5.27. The van der Waals surface area contributed by atoms with Crippen molar-refractivity contribution in [2.24, 2.45) is 0 Å². The zero-order valence-electron chi connectivity index (χ0n) is 12.0. The maximum Gasteiger partial charge on any atom is 0.121 e. The summed E-state index contributed by atoms with van der Waals surface area (Å²) in [6, 6.07) is 6.36. The van der Waals surface area contributed by atoms with Crippen LogP contribution >= 0.6 is 11.6 Å². The van der Waals surface area contributed by atoms with Gasteiger partial charge in [0.05, 0.1) is 18.1 Å². The Hall–Kier alpha value is -1.07. The first-order chi connectivity index (χ1) is 10.2. The van der Waals surface area contributed by atoms with Crippen LogP contribution in [0, 0.1) is 0 Å². The average Bonchev–Trinajstić information content (AvgIpc) is 2.85. The van der Waals surface area contributed by atoms with Gasteiger partial charge in [0.1, 0.15) is 11.6 Å². The van der Waals surface area contributed by atoms with Gasteiger partial charge in [0.15, 0.2) is 0 Å². The van der Waals surface area contributed by atoms with Crippen molar-refractivity contribution in [1.29, 1.82) is 0 Å². The molecule has 0 N–H and O–H groups in total. The Morgan fingerprint density at radius 1 is 1.43 bits per heavy atom. The lowest BCUT2D eigenvalue weighted by Gasteiger charge is -2.25. The summed E-state index contributed by atoms with van der Waals surface area (Å²) in [5.74, 6) is 3.95. The van der Waals surface area contributed by atoms with Crippen molar-refractivity contribution in [3.63, 3.8) is 0 Å². The lowest BCUT2D eigenvalue weighted by Crippen LogP contribution is -2.23. The van der Waals surface area contributed by atoms with Gasteiger partial charge in [-0.25, -0.2) is 4.98 Å². The molecule has 1 aliphatic rings. The Labute approximate surface area is 131 Å². The molecule has 0 unspecified atom stereocenters. The molecule has 4 nitrogen and oxygen atoms in total. The Kier molecular flexibility index (Phi) is 4.50. The van der Waals surface area contributed by atoms with Crippen molar-refractivity contribution < 1.29 is 8.95 Å². The van der Waals surface area contributed by atoms with Crippen LogP contribution in [0.25, 0.3) is 11.0 Å². The molecule has 1 aliphatic heterocycles. The van der Waals surface area contributed by atoms with Crippen molar-refractivity contribution in [3.05, 3.63) is 24.0 Å². The lowest BCUT2D eigenvalue weighted by molar-refractivity contribution is 0.415. The van der Waals surface area contributed by atoms with Gasteiger partial charge in [0.2, 0.25) is 0 Å². The molecule has 0 amide bonds. The lowest BCUT2D eigenvalue weighted by atomic mass is 10.1. The van der Waals surface area contributed by atoms with E-state index in [2.05, 4.69) is 10.6 Å². The van der Waals surface area contributed by atoms with Crippen LogP contribution in [0.5, 0.6) is 5.75 Å². The van der Waals surface area contributed by atoms with Crippen LogP contribution in [0.15, 0.2) is 18.2 Å². The largest absolute Gasteiger partial charge is 0.497 e. The molecule has 21 heavy (non-hydrogen) atoms. The first-order valence-corrected chi connectivity index (χ1v) is 9.21. The average molecular weight is 327 g/mol. The number of nitrogens with zero attached hydrogens (tertiary/aromatic N) is 2. The number of methoxy groups -OCH3 is 1. The number of aryl methyl sites for hydroxylation is 1. The molecule has 6 heteroatoms. The molecule has 2 heterocycles. The van der Waals surface area contributed by atoms with E-state index in [9.17, 15) is 4.21 Å². The van der Waals surface area contributed by atoms with Gasteiger partial charge in [-0.3, -0.25) is 4.21 Å². The van der Waals surface area contributed by atoms with E-state index in [0.717, 1.165) is 53.4 Å². The number of hydrogen-bond acceptors (Lipinski definition) is 3. The summed E-state index contributed by atoms with van der Waals surface area (Å²) in [5, 5.41) is 0. The minimum absolute atomic E-state index is 0.374. The van der Waals surface area contributed by atoms with Gasteiger partial charge in [-0.2, -0.15) is 0 Å². The zero-order chi connectivity index (χ0) is 14.8. The van der Waals surface area contributed by atoms with E-state index < -0.39 is 10.8 Å². The molecule has 1 fully saturated rings. The molecular formula is C15H19ClN2O2S. The molecule has 114 valence electrons. The number of alkyl halides is 1. The Bertz CT molecular complexity index is 661. The van der Waals surface area contributed by atoms with E-state index in [0.29, 0.717) is 11.9 Å². The van der Waals surface area contributed by atoms with Gasteiger partial charge >= 0.3 is 0 Å². The van der Waals surface area contributed by atoms with E-state index in [1.165, 1.54) is 0 Å². The summed E-state index contributed by atoms with van der Waals surface area (Å²) in [5.41, 5.74) is 2.06. The third-order valence-corrected chi connectivity index (χ3v) is 5.58. The molecule has 0 atom stereocenters. The number of rotatable bonds is 4. The van der Waals surface area contributed by atoms with E-state index in [4.69, 9.17) is 21.3 Å². The number of halogens is 1. The third kappa shape index (κ3) is 2.94. The van der Waals surface area contributed by atoms with Gasteiger partial charge < -0.3 is 9.30 Å². The maximum absolute atomic E-state index is 11.6. The van der Waals surface area contributed by atoms with Crippen LogP contribution in [0.4, 0.5) is 0 Å². The highest BCUT2D eigenvalue weighted by Gasteiger charge is 2.23. The summed E-state index contributed by atoms with van der Waals surface area (Å²) in [7, 11) is 1.01. The predicted octanol–water partition coefficient (Wildman–Crippen LogP) is 2.91. The van der Waals surface area contributed by atoms with Gasteiger partial charge in [-0.15, -0.1) is 11.6 Å².